The van der Waals surface area contributed by atoms with E-state index in [-0.39, 0.29) is 28.3 Å². The van der Waals surface area contributed by atoms with E-state index in [4.69, 9.17) is 4.74 Å². The Balaban J connectivity index is 1.59. The second kappa shape index (κ2) is 9.70. The van der Waals surface area contributed by atoms with Crippen LogP contribution in [0.3, 0.4) is 0 Å². The van der Waals surface area contributed by atoms with Gasteiger partial charge in [-0.15, -0.1) is 0 Å². The lowest BCUT2D eigenvalue weighted by molar-refractivity contribution is -0.138. The lowest BCUT2D eigenvalue weighted by Gasteiger charge is -2.37. The van der Waals surface area contributed by atoms with Crippen LogP contribution in [0.1, 0.15) is 11.5 Å². The molecule has 0 saturated carbocycles. The van der Waals surface area contributed by atoms with Crippen molar-refractivity contribution in [1.29, 1.82) is 0 Å². The molecule has 3 aliphatic rings. The quantitative estimate of drug-likeness (QED) is 0.259. The monoisotopic (exact) mass is 542 g/mol. The largest absolute Gasteiger partial charge is 0.478 e. The maximum absolute atomic E-state index is 14.4. The number of aromatic nitrogens is 4. The Bertz CT molecular complexity index is 1580. The highest BCUT2D eigenvalue weighted by molar-refractivity contribution is 5.92. The zero-order valence-electron chi connectivity index (χ0n) is 20.2. The van der Waals surface area contributed by atoms with Gasteiger partial charge in [0, 0.05) is 13.0 Å². The van der Waals surface area contributed by atoms with Gasteiger partial charge in [-0.05, 0) is 23.8 Å². The number of carboxylic acids is 1. The summed E-state index contributed by atoms with van der Waals surface area (Å²) in [6.07, 6.45) is 0.104. The second-order valence-electron chi connectivity index (χ2n) is 8.82. The topological polar surface area (TPSA) is 90.1 Å². The summed E-state index contributed by atoms with van der Waals surface area (Å²) < 4.78 is 77.9. The van der Waals surface area contributed by atoms with Crippen LogP contribution in [0.25, 0.3) is 22.8 Å². The van der Waals surface area contributed by atoms with Gasteiger partial charge >= 0.3 is 12.1 Å². The molecule has 12 heteroatoms. The van der Waals surface area contributed by atoms with Crippen LogP contribution in [0.2, 0.25) is 0 Å². The number of hydrogen-bond donors (Lipinski definition) is 1. The van der Waals surface area contributed by atoms with Crippen molar-refractivity contribution in [3.05, 3.63) is 101 Å². The SMILES string of the molecule is COC1(Cn2cc3nc(-c4cccc(F)c4F)nc-3cn2)C=CC(c2ccccc2)C(C(F)(F)F)=C1C(=O)O. The summed E-state index contributed by atoms with van der Waals surface area (Å²) in [4.78, 5) is 20.7. The first kappa shape index (κ1) is 26.2. The number of benzene rings is 2. The normalized spacial score (nSPS) is 19.6. The molecule has 0 aromatic heterocycles. The maximum atomic E-state index is 14.4. The van der Waals surface area contributed by atoms with E-state index in [0.29, 0.717) is 0 Å². The third-order valence-electron chi connectivity index (χ3n) is 6.51. The van der Waals surface area contributed by atoms with Gasteiger partial charge in [-0.1, -0.05) is 42.5 Å². The van der Waals surface area contributed by atoms with E-state index in [1.165, 1.54) is 48.8 Å². The highest BCUT2D eigenvalue weighted by atomic mass is 19.4. The molecule has 39 heavy (non-hydrogen) atoms. The molecule has 2 unspecified atom stereocenters. The van der Waals surface area contributed by atoms with Gasteiger partial charge in [0.2, 0.25) is 0 Å². The van der Waals surface area contributed by atoms with Crippen molar-refractivity contribution in [2.24, 2.45) is 0 Å². The standard InChI is InChI=1S/C27H19F5N4O3/c1-39-26(11-10-16(15-6-3-2-4-7-15)21(27(30,31)32)22(26)25(37)38)14-36-13-20-19(12-33-36)34-24(35-20)17-8-5-9-18(28)23(17)29/h2-13,16H,14H2,1H3,(H,37,38). The Labute approximate surface area is 218 Å². The highest BCUT2D eigenvalue weighted by Crippen LogP contribution is 2.47. The van der Waals surface area contributed by atoms with Crippen LogP contribution in [-0.4, -0.2) is 49.7 Å². The van der Waals surface area contributed by atoms with Crippen LogP contribution >= 0.6 is 0 Å². The van der Waals surface area contributed by atoms with Gasteiger partial charge in [0.1, 0.15) is 17.0 Å². The average Bonchev–Trinajstić information content (AvgIpc) is 3.33. The van der Waals surface area contributed by atoms with Crippen LogP contribution in [0.5, 0.6) is 0 Å². The summed E-state index contributed by atoms with van der Waals surface area (Å²) >= 11 is 0. The maximum Gasteiger partial charge on any atom is 0.414 e. The second-order valence-corrected chi connectivity index (χ2v) is 8.82. The zero-order chi connectivity index (χ0) is 27.9. The number of fused-ring (bicyclic) bond motifs is 1. The van der Waals surface area contributed by atoms with E-state index in [1.54, 1.807) is 18.2 Å². The van der Waals surface area contributed by atoms with Crippen LogP contribution in [-0.2, 0) is 16.1 Å². The minimum atomic E-state index is -4.99. The van der Waals surface area contributed by atoms with Crippen LogP contribution < -0.4 is 0 Å². The first-order valence-electron chi connectivity index (χ1n) is 11.5. The number of imidazole rings is 1. The van der Waals surface area contributed by atoms with Crippen molar-refractivity contribution in [2.45, 2.75) is 24.2 Å². The molecule has 0 spiro atoms. The molecule has 0 saturated heterocycles. The summed E-state index contributed by atoms with van der Waals surface area (Å²) in [5.41, 5.74) is -3.81. The first-order chi connectivity index (χ1) is 18.5. The third kappa shape index (κ3) is 4.67. The molecule has 200 valence electrons. The van der Waals surface area contributed by atoms with Crippen LogP contribution in [0, 0.1) is 11.6 Å². The van der Waals surface area contributed by atoms with E-state index < -0.39 is 53.0 Å². The number of aliphatic carboxylic acids is 1. The molecule has 0 amide bonds. The molecule has 2 aliphatic heterocycles. The smallest absolute Gasteiger partial charge is 0.414 e. The highest BCUT2D eigenvalue weighted by Gasteiger charge is 2.51. The molecule has 1 N–H and O–H groups in total. The Morgan fingerprint density at radius 2 is 1.79 bits per heavy atom. The molecule has 2 aromatic rings. The molecule has 5 rings (SSSR count). The molecular weight excluding hydrogens is 523 g/mol. The fraction of sp³-hybridized carbons (Fsp3) is 0.185. The number of methoxy groups -OCH3 is 1. The van der Waals surface area contributed by atoms with Gasteiger partial charge in [0.05, 0.1) is 35.6 Å². The van der Waals surface area contributed by atoms with E-state index in [0.717, 1.165) is 17.9 Å². The molecule has 0 radical (unpaired) electrons. The molecule has 0 fully saturated rings. The Morgan fingerprint density at radius 3 is 2.46 bits per heavy atom. The van der Waals surface area contributed by atoms with E-state index in [9.17, 15) is 31.9 Å². The summed E-state index contributed by atoms with van der Waals surface area (Å²) in [5.74, 6) is -5.50. The van der Waals surface area contributed by atoms with Crippen molar-refractivity contribution in [3.8, 4) is 22.8 Å². The minimum Gasteiger partial charge on any atom is -0.478 e. The number of carboxylic acid groups (broad SMARTS) is 1. The van der Waals surface area contributed by atoms with E-state index in [1.807, 2.05) is 0 Å². The molecule has 7 nitrogen and oxygen atoms in total. The van der Waals surface area contributed by atoms with Crippen LogP contribution in [0.15, 0.2) is 84.2 Å². The number of nitrogens with zero attached hydrogens (tertiary/aromatic N) is 4. The van der Waals surface area contributed by atoms with E-state index >= 15 is 0 Å². The Hall–Kier alpha value is -4.45. The number of rotatable bonds is 6. The van der Waals surface area contributed by atoms with Crippen LogP contribution in [0.4, 0.5) is 22.0 Å². The molecule has 0 bridgehead atoms. The van der Waals surface area contributed by atoms with Crippen molar-refractivity contribution >= 4 is 5.97 Å². The summed E-state index contributed by atoms with van der Waals surface area (Å²) in [6.45, 7) is -0.463. The van der Waals surface area contributed by atoms with Crippen molar-refractivity contribution in [1.82, 2.24) is 19.7 Å². The van der Waals surface area contributed by atoms with Gasteiger partial charge in [-0.25, -0.2) is 23.5 Å². The van der Waals surface area contributed by atoms with Gasteiger partial charge in [0.25, 0.3) is 0 Å². The summed E-state index contributed by atoms with van der Waals surface area (Å²) in [5, 5.41) is 14.2. The molecule has 2 aromatic carbocycles. The Morgan fingerprint density at radius 1 is 1.08 bits per heavy atom. The lowest BCUT2D eigenvalue weighted by Crippen LogP contribution is -2.45. The fourth-order valence-corrected chi connectivity index (χ4v) is 4.72. The van der Waals surface area contributed by atoms with Crippen molar-refractivity contribution in [3.63, 3.8) is 0 Å². The molecule has 2 atom stereocenters. The minimum absolute atomic E-state index is 0.114. The summed E-state index contributed by atoms with van der Waals surface area (Å²) in [7, 11) is 1.11. The number of allylic oxidation sites excluding steroid dienone is 2. The first-order valence-corrected chi connectivity index (χ1v) is 11.5. The van der Waals surface area contributed by atoms with Crippen molar-refractivity contribution < 1.29 is 36.6 Å². The number of ether oxygens (including phenoxy) is 1. The Kier molecular flexibility index (Phi) is 6.51. The van der Waals surface area contributed by atoms with Gasteiger partial charge in [-0.2, -0.15) is 18.3 Å². The van der Waals surface area contributed by atoms with Crippen molar-refractivity contribution in [2.75, 3.05) is 7.11 Å². The fourth-order valence-electron chi connectivity index (χ4n) is 4.72. The molecular formula is C27H19F5N4O3. The zero-order valence-corrected chi connectivity index (χ0v) is 20.2. The molecule has 1 aliphatic carbocycles. The predicted molar refractivity (Wildman–Crippen MR) is 129 cm³/mol. The van der Waals surface area contributed by atoms with E-state index in [2.05, 4.69) is 15.1 Å². The number of hydrogen-bond acceptors (Lipinski definition) is 5. The molecule has 2 heterocycles. The summed E-state index contributed by atoms with van der Waals surface area (Å²) in [6, 6.07) is 11.3. The lowest BCUT2D eigenvalue weighted by atomic mass is 9.75. The number of halogens is 5. The third-order valence-corrected chi connectivity index (χ3v) is 6.51. The van der Waals surface area contributed by atoms with Gasteiger partial charge in [0.15, 0.2) is 17.5 Å². The number of alkyl halides is 3. The van der Waals surface area contributed by atoms with Gasteiger partial charge in [-0.3, -0.25) is 4.68 Å². The number of carbonyl (C=O) groups is 1. The average molecular weight is 542 g/mol. The van der Waals surface area contributed by atoms with Gasteiger partial charge < -0.3 is 9.84 Å². The predicted octanol–water partition coefficient (Wildman–Crippen LogP) is 5.41.